The maximum absolute atomic E-state index is 10.8. The van der Waals surface area contributed by atoms with Gasteiger partial charge in [0, 0.05) is 31.8 Å². The molecule has 15 heavy (non-hydrogen) atoms. The SMILES string of the molecule is CC(=O)Oc1cccc2ccccc12.[Zn]. The molecule has 0 bridgehead atoms. The van der Waals surface area contributed by atoms with E-state index in [1.165, 1.54) is 6.92 Å². The van der Waals surface area contributed by atoms with Crippen molar-refractivity contribution in [1.82, 2.24) is 0 Å². The first kappa shape index (κ1) is 11.9. The molecular weight excluding hydrogens is 242 g/mol. The fraction of sp³-hybridized carbons (Fsp3) is 0.0833. The van der Waals surface area contributed by atoms with Crippen molar-refractivity contribution in [2.24, 2.45) is 0 Å². The molecule has 0 heterocycles. The Balaban J connectivity index is 0.00000112. The Kier molecular flexibility index (Phi) is 3.99. The summed E-state index contributed by atoms with van der Waals surface area (Å²) in [7, 11) is 0. The zero-order valence-electron chi connectivity index (χ0n) is 8.57. The second-order valence-electron chi connectivity index (χ2n) is 3.07. The normalized spacial score (nSPS) is 9.40. The van der Waals surface area contributed by atoms with Crippen molar-refractivity contribution in [2.45, 2.75) is 6.92 Å². The van der Waals surface area contributed by atoms with E-state index in [2.05, 4.69) is 0 Å². The second-order valence-corrected chi connectivity index (χ2v) is 3.07. The number of carbonyl (C=O) groups is 1. The minimum atomic E-state index is -0.290. The number of esters is 1. The van der Waals surface area contributed by atoms with Crippen LogP contribution in [0.4, 0.5) is 0 Å². The molecule has 0 aromatic heterocycles. The fourth-order valence-electron chi connectivity index (χ4n) is 1.44. The standard InChI is InChI=1S/C12H10O2.Zn/c1-9(13)14-12-8-4-6-10-5-2-3-7-11(10)12;/h2-8H,1H3;. The minimum absolute atomic E-state index is 0. The van der Waals surface area contributed by atoms with E-state index in [1.807, 2.05) is 36.4 Å². The van der Waals surface area contributed by atoms with Gasteiger partial charge in [0.05, 0.1) is 0 Å². The van der Waals surface area contributed by atoms with Crippen molar-refractivity contribution in [2.75, 3.05) is 0 Å². The summed E-state index contributed by atoms with van der Waals surface area (Å²) in [6, 6.07) is 13.5. The smallest absolute Gasteiger partial charge is 0.308 e. The Morgan fingerprint density at radius 2 is 1.73 bits per heavy atom. The van der Waals surface area contributed by atoms with Gasteiger partial charge in [0.2, 0.25) is 0 Å². The molecule has 0 unspecified atom stereocenters. The first-order chi connectivity index (χ1) is 6.77. The topological polar surface area (TPSA) is 26.3 Å². The summed E-state index contributed by atoms with van der Waals surface area (Å²) >= 11 is 0. The van der Waals surface area contributed by atoms with Gasteiger partial charge in [-0.1, -0.05) is 36.4 Å². The van der Waals surface area contributed by atoms with E-state index in [9.17, 15) is 4.79 Å². The van der Waals surface area contributed by atoms with Gasteiger partial charge in [0.15, 0.2) is 0 Å². The van der Waals surface area contributed by atoms with Gasteiger partial charge in [-0.25, -0.2) is 0 Å². The molecule has 2 aromatic carbocycles. The van der Waals surface area contributed by atoms with E-state index in [1.54, 1.807) is 6.07 Å². The van der Waals surface area contributed by atoms with Gasteiger partial charge in [-0.15, -0.1) is 0 Å². The van der Waals surface area contributed by atoms with Crippen LogP contribution in [0.3, 0.4) is 0 Å². The van der Waals surface area contributed by atoms with E-state index < -0.39 is 0 Å². The predicted molar refractivity (Wildman–Crippen MR) is 55.3 cm³/mol. The molecule has 0 N–H and O–H groups in total. The van der Waals surface area contributed by atoms with E-state index in [0.29, 0.717) is 5.75 Å². The maximum atomic E-state index is 10.8. The number of carbonyl (C=O) groups excluding carboxylic acids is 1. The first-order valence-electron chi connectivity index (χ1n) is 4.43. The number of hydrogen-bond donors (Lipinski definition) is 0. The van der Waals surface area contributed by atoms with Crippen LogP contribution in [0, 0.1) is 0 Å². The summed E-state index contributed by atoms with van der Waals surface area (Å²) in [5, 5.41) is 2.04. The van der Waals surface area contributed by atoms with Gasteiger partial charge in [-0.2, -0.15) is 0 Å². The van der Waals surface area contributed by atoms with Crippen molar-refractivity contribution in [1.29, 1.82) is 0 Å². The van der Waals surface area contributed by atoms with E-state index in [0.717, 1.165) is 10.8 Å². The zero-order chi connectivity index (χ0) is 9.97. The molecule has 2 nitrogen and oxygen atoms in total. The Morgan fingerprint density at radius 3 is 2.47 bits per heavy atom. The molecule has 3 heteroatoms. The van der Waals surface area contributed by atoms with Gasteiger partial charge < -0.3 is 4.74 Å². The largest absolute Gasteiger partial charge is 0.426 e. The van der Waals surface area contributed by atoms with Crippen molar-refractivity contribution in [3.63, 3.8) is 0 Å². The summed E-state index contributed by atoms with van der Waals surface area (Å²) in [6.07, 6.45) is 0. The average molecular weight is 252 g/mol. The molecule has 0 aliphatic heterocycles. The van der Waals surface area contributed by atoms with Crippen molar-refractivity contribution in [3.05, 3.63) is 42.5 Å². The zero-order valence-corrected chi connectivity index (χ0v) is 11.5. The van der Waals surface area contributed by atoms with Crippen LogP contribution in [0.25, 0.3) is 10.8 Å². The molecule has 0 radical (unpaired) electrons. The molecule has 0 spiro atoms. The summed E-state index contributed by atoms with van der Waals surface area (Å²) in [5.74, 6) is 0.331. The molecule has 0 saturated carbocycles. The van der Waals surface area contributed by atoms with E-state index >= 15 is 0 Å². The van der Waals surface area contributed by atoms with Gasteiger partial charge in [-0.3, -0.25) is 4.79 Å². The third kappa shape index (κ3) is 2.63. The number of hydrogen-bond acceptors (Lipinski definition) is 2. The summed E-state index contributed by atoms with van der Waals surface area (Å²) in [5.41, 5.74) is 0. The van der Waals surface area contributed by atoms with Gasteiger partial charge in [-0.05, 0) is 11.5 Å². The van der Waals surface area contributed by atoms with Crippen LogP contribution >= 0.6 is 0 Å². The van der Waals surface area contributed by atoms with E-state index in [4.69, 9.17) is 4.74 Å². The molecule has 2 rings (SSSR count). The third-order valence-electron chi connectivity index (χ3n) is 2.00. The quantitative estimate of drug-likeness (QED) is 0.443. The Bertz CT molecular complexity index is 475. The molecule has 72 valence electrons. The summed E-state index contributed by atoms with van der Waals surface area (Å²) in [4.78, 5) is 10.8. The second kappa shape index (κ2) is 5.04. The van der Waals surface area contributed by atoms with Crippen LogP contribution in [0.15, 0.2) is 42.5 Å². The average Bonchev–Trinajstić information content (AvgIpc) is 2.18. The van der Waals surface area contributed by atoms with Gasteiger partial charge in [0.1, 0.15) is 5.75 Å². The molecule has 0 aliphatic carbocycles. The van der Waals surface area contributed by atoms with Gasteiger partial charge in [0.25, 0.3) is 0 Å². The third-order valence-corrected chi connectivity index (χ3v) is 2.00. The maximum Gasteiger partial charge on any atom is 0.308 e. The van der Waals surface area contributed by atoms with E-state index in [-0.39, 0.29) is 25.4 Å². The van der Waals surface area contributed by atoms with Gasteiger partial charge >= 0.3 is 5.97 Å². The number of rotatable bonds is 1. The van der Waals surface area contributed by atoms with Crippen LogP contribution in [-0.4, -0.2) is 5.97 Å². The number of benzene rings is 2. The van der Waals surface area contributed by atoms with Crippen LogP contribution < -0.4 is 4.74 Å². The molecule has 0 aliphatic rings. The number of ether oxygens (including phenoxy) is 1. The first-order valence-corrected chi connectivity index (χ1v) is 4.43. The van der Waals surface area contributed by atoms with Crippen molar-refractivity contribution >= 4 is 16.7 Å². The van der Waals surface area contributed by atoms with Crippen molar-refractivity contribution < 1.29 is 29.0 Å². The molecule has 0 saturated heterocycles. The Hall–Kier alpha value is -1.21. The van der Waals surface area contributed by atoms with Crippen LogP contribution in [0.1, 0.15) is 6.92 Å². The van der Waals surface area contributed by atoms with Crippen LogP contribution in [0.2, 0.25) is 0 Å². The van der Waals surface area contributed by atoms with Crippen LogP contribution in [0.5, 0.6) is 5.75 Å². The minimum Gasteiger partial charge on any atom is -0.426 e. The Labute approximate surface area is 101 Å². The number of fused-ring (bicyclic) bond motifs is 1. The predicted octanol–water partition coefficient (Wildman–Crippen LogP) is 2.76. The summed E-state index contributed by atoms with van der Waals surface area (Å²) in [6.45, 7) is 1.40. The Morgan fingerprint density at radius 1 is 1.07 bits per heavy atom. The molecular formula is C12H10O2Zn. The molecule has 2 aromatic rings. The van der Waals surface area contributed by atoms with Crippen LogP contribution in [-0.2, 0) is 24.3 Å². The molecule has 0 atom stereocenters. The molecule has 0 fully saturated rings. The fourth-order valence-corrected chi connectivity index (χ4v) is 1.44. The van der Waals surface area contributed by atoms with Crippen molar-refractivity contribution in [3.8, 4) is 5.75 Å². The summed E-state index contributed by atoms with van der Waals surface area (Å²) < 4.78 is 5.09. The molecule has 0 amide bonds. The monoisotopic (exact) mass is 250 g/mol.